The molecule has 0 radical (unpaired) electrons. The summed E-state index contributed by atoms with van der Waals surface area (Å²) in [6.07, 6.45) is 5.65. The van der Waals surface area contributed by atoms with E-state index in [-0.39, 0.29) is 18.3 Å². The molecule has 34 heavy (non-hydrogen) atoms. The summed E-state index contributed by atoms with van der Waals surface area (Å²) in [5, 5.41) is 8.95. The van der Waals surface area contributed by atoms with Crippen LogP contribution in [0, 0.1) is 5.82 Å². The fourth-order valence-electron chi connectivity index (χ4n) is 4.08. The second kappa shape index (κ2) is 11.4. The molecule has 4 rings (SSSR count). The zero-order valence-electron chi connectivity index (χ0n) is 19.4. The quantitative estimate of drug-likeness (QED) is 0.404. The number of aromatic nitrogens is 3. The lowest BCUT2D eigenvalue weighted by atomic mass is 9.94. The first-order valence-corrected chi connectivity index (χ1v) is 12.4. The molecule has 1 saturated carbocycles. The molecule has 0 aliphatic heterocycles. The molecule has 1 aliphatic carbocycles. The molecular formula is C25H29FN4O3S. The number of benzene rings is 2. The van der Waals surface area contributed by atoms with Gasteiger partial charge >= 0.3 is 0 Å². The van der Waals surface area contributed by atoms with E-state index in [1.54, 1.807) is 54.1 Å². The predicted molar refractivity (Wildman–Crippen MR) is 129 cm³/mol. The number of hydrogen-bond acceptors (Lipinski definition) is 6. The highest BCUT2D eigenvalue weighted by Gasteiger charge is 2.24. The summed E-state index contributed by atoms with van der Waals surface area (Å²) >= 11 is 1.26. The van der Waals surface area contributed by atoms with Gasteiger partial charge < -0.3 is 14.4 Å². The molecule has 7 nitrogen and oxygen atoms in total. The van der Waals surface area contributed by atoms with E-state index in [0.717, 1.165) is 31.4 Å². The van der Waals surface area contributed by atoms with E-state index < -0.39 is 5.82 Å². The van der Waals surface area contributed by atoms with Gasteiger partial charge in [0.2, 0.25) is 5.91 Å². The number of carbonyl (C=O) groups excluding carboxylic acids is 1. The number of amides is 1. The predicted octanol–water partition coefficient (Wildman–Crippen LogP) is 4.88. The zero-order chi connectivity index (χ0) is 23.9. The lowest BCUT2D eigenvalue weighted by Gasteiger charge is -2.31. The van der Waals surface area contributed by atoms with E-state index in [2.05, 4.69) is 10.2 Å². The van der Waals surface area contributed by atoms with Crippen molar-refractivity contribution < 1.29 is 18.7 Å². The van der Waals surface area contributed by atoms with Crippen molar-refractivity contribution in [2.45, 2.75) is 49.9 Å². The summed E-state index contributed by atoms with van der Waals surface area (Å²) < 4.78 is 27.4. The third-order valence-electron chi connectivity index (χ3n) is 6.06. The normalized spacial score (nSPS) is 14.1. The monoisotopic (exact) mass is 484 g/mol. The SMILES string of the molecule is COc1ccc(OCc2nnc(SCC(=O)N(C)C3CCCCC3)n2-c2ccccc2F)cc1. The highest BCUT2D eigenvalue weighted by atomic mass is 32.2. The Bertz CT molecular complexity index is 1100. The Morgan fingerprint density at radius 3 is 2.50 bits per heavy atom. The molecule has 9 heteroatoms. The summed E-state index contributed by atoms with van der Waals surface area (Å²) in [7, 11) is 3.47. The van der Waals surface area contributed by atoms with E-state index in [1.807, 2.05) is 11.9 Å². The molecule has 0 spiro atoms. The Balaban J connectivity index is 1.50. The summed E-state index contributed by atoms with van der Waals surface area (Å²) in [5.74, 6) is 1.64. The van der Waals surface area contributed by atoms with Crippen LogP contribution in [0.25, 0.3) is 5.69 Å². The first kappa shape index (κ1) is 24.1. The van der Waals surface area contributed by atoms with Crippen LogP contribution in [0.3, 0.4) is 0 Å². The maximum Gasteiger partial charge on any atom is 0.233 e. The van der Waals surface area contributed by atoms with Crippen molar-refractivity contribution in [2.24, 2.45) is 0 Å². The van der Waals surface area contributed by atoms with Gasteiger partial charge in [-0.3, -0.25) is 9.36 Å². The van der Waals surface area contributed by atoms with Gasteiger partial charge in [-0.15, -0.1) is 10.2 Å². The van der Waals surface area contributed by atoms with Crippen molar-refractivity contribution in [1.82, 2.24) is 19.7 Å². The lowest BCUT2D eigenvalue weighted by Crippen LogP contribution is -2.39. The molecule has 3 aromatic rings. The Morgan fingerprint density at radius 1 is 1.09 bits per heavy atom. The first-order chi connectivity index (χ1) is 16.6. The van der Waals surface area contributed by atoms with Gasteiger partial charge in [0, 0.05) is 13.1 Å². The molecule has 1 heterocycles. The molecule has 0 unspecified atom stereocenters. The largest absolute Gasteiger partial charge is 0.497 e. The molecule has 0 saturated heterocycles. The number of thioether (sulfide) groups is 1. The van der Waals surface area contributed by atoms with Crippen LogP contribution in [-0.2, 0) is 11.4 Å². The summed E-state index contributed by atoms with van der Waals surface area (Å²) in [4.78, 5) is 14.7. The number of ether oxygens (including phenoxy) is 2. The molecule has 0 atom stereocenters. The van der Waals surface area contributed by atoms with Crippen LogP contribution in [0.5, 0.6) is 11.5 Å². The second-order valence-corrected chi connectivity index (χ2v) is 9.18. The van der Waals surface area contributed by atoms with Crippen LogP contribution in [0.2, 0.25) is 0 Å². The van der Waals surface area contributed by atoms with Gasteiger partial charge in [0.15, 0.2) is 11.0 Å². The Kier molecular flexibility index (Phi) is 8.05. The minimum Gasteiger partial charge on any atom is -0.497 e. The third kappa shape index (κ3) is 5.70. The number of methoxy groups -OCH3 is 1. The number of para-hydroxylation sites is 1. The Labute approximate surface area is 203 Å². The van der Waals surface area contributed by atoms with Crippen LogP contribution in [-0.4, -0.2) is 51.5 Å². The average Bonchev–Trinajstić information content (AvgIpc) is 3.29. The smallest absolute Gasteiger partial charge is 0.233 e. The van der Waals surface area contributed by atoms with Crippen LogP contribution in [0.15, 0.2) is 53.7 Å². The third-order valence-corrected chi connectivity index (χ3v) is 6.98. The van der Waals surface area contributed by atoms with Gasteiger partial charge in [0.25, 0.3) is 0 Å². The van der Waals surface area contributed by atoms with E-state index in [9.17, 15) is 9.18 Å². The molecule has 1 fully saturated rings. The topological polar surface area (TPSA) is 69.5 Å². The van der Waals surface area contributed by atoms with Crippen LogP contribution in [0.1, 0.15) is 37.9 Å². The van der Waals surface area contributed by atoms with Crippen molar-refractivity contribution in [2.75, 3.05) is 19.9 Å². The van der Waals surface area contributed by atoms with Gasteiger partial charge in [0.1, 0.15) is 23.9 Å². The maximum atomic E-state index is 14.7. The molecule has 1 aliphatic rings. The first-order valence-electron chi connectivity index (χ1n) is 11.4. The molecule has 0 N–H and O–H groups in total. The Hall–Kier alpha value is -3.07. The van der Waals surface area contributed by atoms with Crippen molar-refractivity contribution in [3.63, 3.8) is 0 Å². The summed E-state index contributed by atoms with van der Waals surface area (Å²) in [6.45, 7) is 0.0874. The Morgan fingerprint density at radius 2 is 1.79 bits per heavy atom. The molecule has 1 amide bonds. The number of rotatable bonds is 9. The van der Waals surface area contributed by atoms with E-state index in [1.165, 1.54) is 24.2 Å². The molecule has 180 valence electrons. The molecule has 1 aromatic heterocycles. The number of carbonyl (C=O) groups is 1. The van der Waals surface area contributed by atoms with Crippen molar-refractivity contribution in [3.8, 4) is 17.2 Å². The van der Waals surface area contributed by atoms with Crippen LogP contribution in [0.4, 0.5) is 4.39 Å². The molecular weight excluding hydrogens is 455 g/mol. The fourth-order valence-corrected chi connectivity index (χ4v) is 4.97. The lowest BCUT2D eigenvalue weighted by molar-refractivity contribution is -0.129. The van der Waals surface area contributed by atoms with Crippen molar-refractivity contribution >= 4 is 17.7 Å². The number of nitrogens with zero attached hydrogens (tertiary/aromatic N) is 4. The summed E-state index contributed by atoms with van der Waals surface area (Å²) in [5.41, 5.74) is 0.316. The van der Waals surface area contributed by atoms with Crippen LogP contribution < -0.4 is 9.47 Å². The fraction of sp³-hybridized carbons (Fsp3) is 0.400. The minimum atomic E-state index is -0.402. The standard InChI is InChI=1S/C25H29FN4O3S/c1-29(18-8-4-3-5-9-18)24(31)17-34-25-28-27-23(30(25)22-11-7-6-10-21(22)26)16-33-20-14-12-19(32-2)13-15-20/h6-7,10-15,18H,3-5,8-9,16-17H2,1-2H3. The van der Waals surface area contributed by atoms with E-state index in [0.29, 0.717) is 28.5 Å². The number of halogens is 1. The van der Waals surface area contributed by atoms with Gasteiger partial charge in [0.05, 0.1) is 18.6 Å². The van der Waals surface area contributed by atoms with Gasteiger partial charge in [-0.1, -0.05) is 43.2 Å². The average molecular weight is 485 g/mol. The summed E-state index contributed by atoms with van der Waals surface area (Å²) in [6, 6.07) is 13.9. The molecule has 0 bridgehead atoms. The van der Waals surface area contributed by atoms with Gasteiger partial charge in [-0.05, 0) is 49.2 Å². The highest BCUT2D eigenvalue weighted by molar-refractivity contribution is 7.99. The second-order valence-electron chi connectivity index (χ2n) is 8.23. The van der Waals surface area contributed by atoms with E-state index in [4.69, 9.17) is 9.47 Å². The van der Waals surface area contributed by atoms with Crippen molar-refractivity contribution in [3.05, 3.63) is 60.2 Å². The minimum absolute atomic E-state index is 0.0380. The van der Waals surface area contributed by atoms with Crippen molar-refractivity contribution in [1.29, 1.82) is 0 Å². The zero-order valence-corrected chi connectivity index (χ0v) is 20.3. The van der Waals surface area contributed by atoms with E-state index >= 15 is 0 Å². The molecule has 2 aromatic carbocycles. The van der Waals surface area contributed by atoms with Gasteiger partial charge in [-0.25, -0.2) is 4.39 Å². The number of hydrogen-bond donors (Lipinski definition) is 0. The van der Waals surface area contributed by atoms with Crippen LogP contribution >= 0.6 is 11.8 Å². The maximum absolute atomic E-state index is 14.7. The highest BCUT2D eigenvalue weighted by Crippen LogP contribution is 2.27. The van der Waals surface area contributed by atoms with Gasteiger partial charge in [-0.2, -0.15) is 0 Å².